The van der Waals surface area contributed by atoms with Crippen molar-refractivity contribution in [3.63, 3.8) is 0 Å². The fraction of sp³-hybridized carbons (Fsp3) is 0.471. The van der Waals surface area contributed by atoms with Crippen LogP contribution in [0, 0.1) is 11.3 Å². The molecule has 1 atom stereocenters. The monoisotopic (exact) mass is 435 g/mol. The third-order valence-electron chi connectivity index (χ3n) is 3.65. The number of halogens is 4. The molecule has 1 aliphatic carbocycles. The van der Waals surface area contributed by atoms with Gasteiger partial charge in [-0.2, -0.15) is 0 Å². The molecule has 25 heavy (non-hydrogen) atoms. The Kier molecular flexibility index (Phi) is 7.68. The Morgan fingerprint density at radius 2 is 2.12 bits per heavy atom. The molecule has 4 nitrogen and oxygen atoms in total. The van der Waals surface area contributed by atoms with Crippen molar-refractivity contribution in [3.8, 4) is 0 Å². The predicted octanol–water partition coefficient (Wildman–Crippen LogP) is 5.67. The molecule has 1 aromatic rings. The molecule has 0 saturated carbocycles. The number of aromatic amines is 1. The van der Waals surface area contributed by atoms with Gasteiger partial charge in [0, 0.05) is 16.5 Å². The highest BCUT2D eigenvalue weighted by atomic mass is 79.9. The average molecular weight is 437 g/mol. The summed E-state index contributed by atoms with van der Waals surface area (Å²) < 4.78 is 24.9. The number of aromatic nitrogens is 2. The molecule has 0 spiro atoms. The van der Waals surface area contributed by atoms with Gasteiger partial charge >= 0.3 is 0 Å². The zero-order chi connectivity index (χ0) is 19.4. The van der Waals surface area contributed by atoms with E-state index >= 15 is 0 Å². The van der Waals surface area contributed by atoms with Crippen LogP contribution in [-0.4, -0.2) is 21.6 Å². The van der Waals surface area contributed by atoms with E-state index in [4.69, 9.17) is 17.0 Å². The van der Waals surface area contributed by atoms with Crippen molar-refractivity contribution in [2.24, 2.45) is 5.92 Å². The van der Waals surface area contributed by atoms with Gasteiger partial charge in [-0.3, -0.25) is 15.2 Å². The first-order valence-electron chi connectivity index (χ1n) is 7.81. The third-order valence-corrected chi connectivity index (χ3v) is 4.46. The predicted molar refractivity (Wildman–Crippen MR) is 103 cm³/mol. The van der Waals surface area contributed by atoms with Crippen LogP contribution in [0.25, 0.3) is 11.6 Å². The van der Waals surface area contributed by atoms with Gasteiger partial charge in [0.25, 0.3) is 5.56 Å². The summed E-state index contributed by atoms with van der Waals surface area (Å²) in [4.78, 5) is 18.2. The first kappa shape index (κ1) is 21.7. The molecule has 0 amide bonds. The summed E-state index contributed by atoms with van der Waals surface area (Å²) in [6, 6.07) is 0. The van der Waals surface area contributed by atoms with Crippen molar-refractivity contribution in [2.45, 2.75) is 46.5 Å². The summed E-state index contributed by atoms with van der Waals surface area (Å²) in [7, 11) is 0. The van der Waals surface area contributed by atoms with Crippen LogP contribution in [0.15, 0.2) is 15.4 Å². The molecule has 138 valence electrons. The summed E-state index contributed by atoms with van der Waals surface area (Å²) in [5, 5.41) is 7.88. The Morgan fingerprint density at radius 1 is 1.52 bits per heavy atom. The van der Waals surface area contributed by atoms with E-state index in [1.54, 1.807) is 19.1 Å². The van der Waals surface area contributed by atoms with E-state index in [1.165, 1.54) is 0 Å². The van der Waals surface area contributed by atoms with Crippen molar-refractivity contribution >= 4 is 44.9 Å². The molecular formula is C17H21BrClF2N3O. The minimum absolute atomic E-state index is 0.0174. The maximum atomic E-state index is 12.2. The van der Waals surface area contributed by atoms with Crippen molar-refractivity contribution in [2.75, 3.05) is 0 Å². The normalized spacial score (nSPS) is 16.7. The Hall–Kier alpha value is -1.34. The molecule has 2 rings (SSSR count). The van der Waals surface area contributed by atoms with Gasteiger partial charge in [0.05, 0.1) is 17.0 Å². The summed E-state index contributed by atoms with van der Waals surface area (Å²) in [6.45, 7) is 6.51. The van der Waals surface area contributed by atoms with E-state index in [0.29, 0.717) is 21.3 Å². The number of hydrogen-bond donors (Lipinski definition) is 2. The Balaban J connectivity index is 0.000000299. The molecule has 0 aromatic carbocycles. The van der Waals surface area contributed by atoms with Crippen LogP contribution in [0.3, 0.4) is 0 Å². The highest BCUT2D eigenvalue weighted by molar-refractivity contribution is 9.12. The topological polar surface area (TPSA) is 69.6 Å². The maximum Gasteiger partial charge on any atom is 0.260 e. The Bertz CT molecular complexity index is 766. The van der Waals surface area contributed by atoms with Crippen molar-refractivity contribution in [1.82, 2.24) is 9.97 Å². The standard InChI is InChI=1S/C10H7BrClN3O.C7H14F2/c1-2-4-7-6(3-5(11)8(4)13)14-10(12)15-9(7)16;1-4-6(2)5-7(3,8)9/h2-3,13H,1H3,(H,14,15,16);6H,4-5H2,1-3H3/b4-2-,13-8?;. The van der Waals surface area contributed by atoms with Crippen molar-refractivity contribution < 1.29 is 8.78 Å². The van der Waals surface area contributed by atoms with Gasteiger partial charge in [0.1, 0.15) is 0 Å². The molecule has 1 heterocycles. The largest absolute Gasteiger partial charge is 0.299 e. The maximum absolute atomic E-state index is 12.2. The lowest BCUT2D eigenvalue weighted by Crippen LogP contribution is -2.21. The molecular weight excluding hydrogens is 416 g/mol. The van der Waals surface area contributed by atoms with Gasteiger partial charge in [-0.05, 0) is 53.4 Å². The van der Waals surface area contributed by atoms with E-state index in [2.05, 4.69) is 25.9 Å². The number of hydrogen-bond acceptors (Lipinski definition) is 3. The van der Waals surface area contributed by atoms with Crippen LogP contribution in [0.4, 0.5) is 8.78 Å². The molecule has 0 saturated heterocycles. The lowest BCUT2D eigenvalue weighted by atomic mass is 9.95. The van der Waals surface area contributed by atoms with E-state index in [0.717, 1.165) is 13.3 Å². The molecule has 1 unspecified atom stereocenters. The number of H-pyrrole nitrogens is 1. The van der Waals surface area contributed by atoms with Gasteiger partial charge in [0.2, 0.25) is 11.2 Å². The lowest BCUT2D eigenvalue weighted by molar-refractivity contribution is -0.00167. The molecule has 0 radical (unpaired) electrons. The fourth-order valence-corrected chi connectivity index (χ4v) is 2.92. The number of nitrogens with zero attached hydrogens (tertiary/aromatic N) is 1. The smallest absolute Gasteiger partial charge is 0.260 e. The Labute approximate surface area is 159 Å². The molecule has 2 N–H and O–H groups in total. The molecule has 0 fully saturated rings. The van der Waals surface area contributed by atoms with Crippen LogP contribution < -0.4 is 5.56 Å². The molecule has 0 bridgehead atoms. The first-order chi connectivity index (χ1) is 11.5. The first-order valence-corrected chi connectivity index (χ1v) is 8.98. The van der Waals surface area contributed by atoms with Gasteiger partial charge in [-0.15, -0.1) is 0 Å². The zero-order valence-electron chi connectivity index (χ0n) is 14.5. The van der Waals surface area contributed by atoms with Crippen molar-refractivity contribution in [3.05, 3.63) is 37.5 Å². The second-order valence-electron chi connectivity index (χ2n) is 5.97. The average Bonchev–Trinajstić information content (AvgIpc) is 2.48. The SMILES string of the molecule is C/C=C1\C(=N)C(Br)=Cc2nc(Cl)[nH]c(=O)c21.CCC(C)CC(C)(F)F. The summed E-state index contributed by atoms with van der Waals surface area (Å²) >= 11 is 8.93. The van der Waals surface area contributed by atoms with Crippen LogP contribution in [-0.2, 0) is 0 Å². The van der Waals surface area contributed by atoms with Gasteiger partial charge in [-0.25, -0.2) is 13.8 Å². The van der Waals surface area contributed by atoms with E-state index in [1.807, 2.05) is 13.8 Å². The minimum Gasteiger partial charge on any atom is -0.299 e. The number of allylic oxidation sites excluding steroid dienone is 3. The van der Waals surface area contributed by atoms with Crippen LogP contribution in [0.2, 0.25) is 5.28 Å². The number of nitrogens with one attached hydrogen (secondary N) is 2. The second-order valence-corrected chi connectivity index (χ2v) is 7.19. The van der Waals surface area contributed by atoms with E-state index < -0.39 is 5.92 Å². The van der Waals surface area contributed by atoms with Crippen molar-refractivity contribution in [1.29, 1.82) is 5.41 Å². The molecule has 8 heteroatoms. The lowest BCUT2D eigenvalue weighted by Gasteiger charge is -2.15. The fourth-order valence-electron chi connectivity index (χ4n) is 2.32. The second kappa shape index (κ2) is 8.85. The van der Waals surface area contributed by atoms with Crippen LogP contribution >= 0.6 is 27.5 Å². The van der Waals surface area contributed by atoms with Gasteiger partial charge in [-0.1, -0.05) is 26.3 Å². The summed E-state index contributed by atoms with van der Waals surface area (Å²) in [5.74, 6) is -2.33. The third kappa shape index (κ3) is 6.15. The number of fused-ring (bicyclic) bond motifs is 1. The molecule has 1 aliphatic rings. The molecule has 0 aliphatic heterocycles. The quantitative estimate of drug-likeness (QED) is 0.599. The highest BCUT2D eigenvalue weighted by Gasteiger charge is 2.24. The molecule has 1 aromatic heterocycles. The zero-order valence-corrected chi connectivity index (χ0v) is 16.9. The van der Waals surface area contributed by atoms with Crippen LogP contribution in [0.5, 0.6) is 0 Å². The summed E-state index contributed by atoms with van der Waals surface area (Å²) in [5.41, 5.74) is 1.35. The van der Waals surface area contributed by atoms with E-state index in [9.17, 15) is 13.6 Å². The number of alkyl halides is 2. The highest BCUT2D eigenvalue weighted by Crippen LogP contribution is 2.30. The van der Waals surface area contributed by atoms with Gasteiger partial charge in [0.15, 0.2) is 0 Å². The van der Waals surface area contributed by atoms with E-state index in [-0.39, 0.29) is 28.9 Å². The van der Waals surface area contributed by atoms with Gasteiger partial charge < -0.3 is 0 Å². The Morgan fingerprint density at radius 3 is 2.56 bits per heavy atom. The minimum atomic E-state index is -2.48. The number of rotatable bonds is 3. The van der Waals surface area contributed by atoms with Crippen LogP contribution in [0.1, 0.15) is 51.8 Å². The summed E-state index contributed by atoms with van der Waals surface area (Å²) in [6.07, 6.45) is 4.18.